The van der Waals surface area contributed by atoms with E-state index in [0.29, 0.717) is 18.9 Å². The normalized spacial score (nSPS) is 23.0. The molecule has 27 heavy (non-hydrogen) atoms. The number of aromatic nitrogens is 1. The molecule has 0 aromatic carbocycles. The first-order chi connectivity index (χ1) is 12.4. The van der Waals surface area contributed by atoms with Crippen LogP contribution in [0.5, 0.6) is 0 Å². The molecule has 1 unspecified atom stereocenters. The second-order valence-corrected chi connectivity index (χ2v) is 9.59. The summed E-state index contributed by atoms with van der Waals surface area (Å²) in [5.74, 6) is 2.91. The molecule has 152 valence electrons. The van der Waals surface area contributed by atoms with Crippen molar-refractivity contribution in [1.29, 1.82) is 0 Å². The van der Waals surface area contributed by atoms with Crippen LogP contribution in [0.4, 0.5) is 5.82 Å². The quantitative estimate of drug-likeness (QED) is 0.367. The van der Waals surface area contributed by atoms with Gasteiger partial charge in [0, 0.05) is 38.9 Å². The largest absolute Gasteiger partial charge is 0.357 e. The average molecular weight is 507 g/mol. The van der Waals surface area contributed by atoms with Crippen molar-refractivity contribution in [3.8, 4) is 0 Å². The number of pyridine rings is 1. The first kappa shape index (κ1) is 22.2. The molecule has 0 radical (unpaired) electrons. The van der Waals surface area contributed by atoms with E-state index in [2.05, 4.69) is 44.6 Å². The van der Waals surface area contributed by atoms with Crippen molar-refractivity contribution in [3.05, 3.63) is 23.9 Å². The van der Waals surface area contributed by atoms with Crippen LogP contribution in [0.15, 0.2) is 23.3 Å². The standard InChI is InChI=1S/C18H29N5O2S.HI/c1-14-5-8-23(9-6-14)17-4-3-15(11-20-17)12-21-18(19-2)22-16-7-10-26(24,25)13-16;/h3-4,11,14,16H,5-10,12-13H2,1-2H3,(H2,19,21,22);1H. The van der Waals surface area contributed by atoms with Gasteiger partial charge in [-0.05, 0) is 36.8 Å². The van der Waals surface area contributed by atoms with Gasteiger partial charge in [-0.3, -0.25) is 4.99 Å². The molecule has 7 nitrogen and oxygen atoms in total. The van der Waals surface area contributed by atoms with Crippen molar-refractivity contribution in [2.24, 2.45) is 10.9 Å². The Kier molecular flexibility index (Phi) is 8.14. The minimum Gasteiger partial charge on any atom is -0.357 e. The van der Waals surface area contributed by atoms with Crippen LogP contribution in [0.3, 0.4) is 0 Å². The lowest BCUT2D eigenvalue weighted by atomic mass is 9.99. The maximum absolute atomic E-state index is 11.6. The van der Waals surface area contributed by atoms with Crippen LogP contribution in [0, 0.1) is 5.92 Å². The van der Waals surface area contributed by atoms with Gasteiger partial charge in [0.05, 0.1) is 11.5 Å². The van der Waals surface area contributed by atoms with Gasteiger partial charge in [-0.1, -0.05) is 13.0 Å². The van der Waals surface area contributed by atoms with E-state index in [-0.39, 0.29) is 41.5 Å². The number of hydrogen-bond donors (Lipinski definition) is 2. The number of aliphatic imine (C=N–C) groups is 1. The lowest BCUT2D eigenvalue weighted by Gasteiger charge is -2.31. The zero-order chi connectivity index (χ0) is 18.6. The number of hydrogen-bond acceptors (Lipinski definition) is 5. The van der Waals surface area contributed by atoms with Gasteiger partial charge in [0.25, 0.3) is 0 Å². The molecular weight excluding hydrogens is 477 g/mol. The zero-order valence-electron chi connectivity index (χ0n) is 16.0. The maximum Gasteiger partial charge on any atom is 0.191 e. The fourth-order valence-electron chi connectivity index (χ4n) is 3.43. The summed E-state index contributed by atoms with van der Waals surface area (Å²) in [5, 5.41) is 6.42. The Hall–Kier alpha value is -1.10. The predicted molar refractivity (Wildman–Crippen MR) is 121 cm³/mol. The maximum atomic E-state index is 11.6. The molecule has 0 saturated carbocycles. The Bertz CT molecular complexity index is 731. The predicted octanol–water partition coefficient (Wildman–Crippen LogP) is 1.79. The number of piperidine rings is 1. The fourth-order valence-corrected chi connectivity index (χ4v) is 5.10. The molecule has 0 amide bonds. The van der Waals surface area contributed by atoms with E-state index >= 15 is 0 Å². The van der Waals surface area contributed by atoms with Crippen LogP contribution in [0.25, 0.3) is 0 Å². The fraction of sp³-hybridized carbons (Fsp3) is 0.667. The van der Waals surface area contributed by atoms with E-state index in [1.165, 1.54) is 12.8 Å². The van der Waals surface area contributed by atoms with E-state index in [4.69, 9.17) is 0 Å². The first-order valence-electron chi connectivity index (χ1n) is 9.32. The van der Waals surface area contributed by atoms with Crippen molar-refractivity contribution in [1.82, 2.24) is 15.6 Å². The van der Waals surface area contributed by atoms with Gasteiger partial charge in [0.1, 0.15) is 5.82 Å². The third-order valence-electron chi connectivity index (χ3n) is 5.17. The van der Waals surface area contributed by atoms with Crippen molar-refractivity contribution in [2.45, 2.75) is 38.8 Å². The van der Waals surface area contributed by atoms with Crippen LogP contribution in [0.2, 0.25) is 0 Å². The molecule has 2 saturated heterocycles. The topological polar surface area (TPSA) is 86.7 Å². The van der Waals surface area contributed by atoms with E-state index in [1.807, 2.05) is 6.20 Å². The summed E-state index contributed by atoms with van der Waals surface area (Å²) in [5.41, 5.74) is 1.07. The Balaban J connectivity index is 0.00000261. The molecule has 2 N–H and O–H groups in total. The lowest BCUT2D eigenvalue weighted by molar-refractivity contribution is 0.436. The Morgan fingerprint density at radius 1 is 1.30 bits per heavy atom. The molecule has 0 bridgehead atoms. The van der Waals surface area contributed by atoms with E-state index in [0.717, 1.165) is 30.4 Å². The van der Waals surface area contributed by atoms with Gasteiger partial charge in [-0.25, -0.2) is 13.4 Å². The van der Waals surface area contributed by atoms with Crippen molar-refractivity contribution >= 4 is 45.6 Å². The highest BCUT2D eigenvalue weighted by atomic mass is 127. The highest BCUT2D eigenvalue weighted by molar-refractivity contribution is 14.0. The summed E-state index contributed by atoms with van der Waals surface area (Å²) in [7, 11) is -1.20. The number of anilines is 1. The number of rotatable bonds is 4. The van der Waals surface area contributed by atoms with Gasteiger partial charge in [-0.2, -0.15) is 0 Å². The summed E-state index contributed by atoms with van der Waals surface area (Å²) < 4.78 is 23.1. The highest BCUT2D eigenvalue weighted by Crippen LogP contribution is 2.21. The molecule has 3 rings (SSSR count). The monoisotopic (exact) mass is 507 g/mol. The Morgan fingerprint density at radius 3 is 2.59 bits per heavy atom. The van der Waals surface area contributed by atoms with Gasteiger partial charge in [0.15, 0.2) is 15.8 Å². The second-order valence-electron chi connectivity index (χ2n) is 7.36. The van der Waals surface area contributed by atoms with Crippen LogP contribution in [0.1, 0.15) is 31.7 Å². The molecule has 2 aliphatic heterocycles. The van der Waals surface area contributed by atoms with Gasteiger partial charge < -0.3 is 15.5 Å². The van der Waals surface area contributed by atoms with Crippen molar-refractivity contribution < 1.29 is 8.42 Å². The van der Waals surface area contributed by atoms with E-state index in [9.17, 15) is 8.42 Å². The number of nitrogens with one attached hydrogen (secondary N) is 2. The van der Waals surface area contributed by atoms with Crippen LogP contribution >= 0.6 is 24.0 Å². The number of halogens is 1. The van der Waals surface area contributed by atoms with Crippen LogP contribution in [-0.4, -0.2) is 57.0 Å². The number of nitrogens with zero attached hydrogens (tertiary/aromatic N) is 3. The molecule has 0 aliphatic carbocycles. The highest BCUT2D eigenvalue weighted by Gasteiger charge is 2.28. The van der Waals surface area contributed by atoms with Gasteiger partial charge >= 0.3 is 0 Å². The lowest BCUT2D eigenvalue weighted by Crippen LogP contribution is -2.43. The minimum atomic E-state index is -2.90. The molecule has 0 spiro atoms. The summed E-state index contributed by atoms with van der Waals surface area (Å²) in [6.07, 6.45) is 4.98. The molecule has 2 fully saturated rings. The smallest absolute Gasteiger partial charge is 0.191 e. The summed E-state index contributed by atoms with van der Waals surface area (Å²) in [6, 6.07) is 4.10. The van der Waals surface area contributed by atoms with E-state index < -0.39 is 9.84 Å². The van der Waals surface area contributed by atoms with Crippen molar-refractivity contribution in [2.75, 3.05) is 36.5 Å². The zero-order valence-corrected chi connectivity index (χ0v) is 19.2. The second kappa shape index (κ2) is 9.90. The molecule has 1 atom stereocenters. The van der Waals surface area contributed by atoms with Crippen LogP contribution in [-0.2, 0) is 16.4 Å². The van der Waals surface area contributed by atoms with Crippen molar-refractivity contribution in [3.63, 3.8) is 0 Å². The van der Waals surface area contributed by atoms with Crippen LogP contribution < -0.4 is 15.5 Å². The molecule has 9 heteroatoms. The van der Waals surface area contributed by atoms with Gasteiger partial charge in [0.2, 0.25) is 0 Å². The summed E-state index contributed by atoms with van der Waals surface area (Å²) >= 11 is 0. The average Bonchev–Trinajstić information content (AvgIpc) is 2.98. The summed E-state index contributed by atoms with van der Waals surface area (Å²) in [4.78, 5) is 11.1. The molecular formula is C18H30IN5O2S. The Labute approximate surface area is 179 Å². The molecule has 1 aromatic rings. The molecule has 2 aliphatic rings. The van der Waals surface area contributed by atoms with E-state index in [1.54, 1.807) is 7.05 Å². The SMILES string of the molecule is CN=C(NCc1ccc(N2CCC(C)CC2)nc1)NC1CCS(=O)(=O)C1.I. The first-order valence-corrected chi connectivity index (χ1v) is 11.1. The summed E-state index contributed by atoms with van der Waals surface area (Å²) in [6.45, 7) is 5.06. The molecule has 1 aromatic heterocycles. The van der Waals surface area contributed by atoms with Gasteiger partial charge in [-0.15, -0.1) is 24.0 Å². The third kappa shape index (κ3) is 6.48. The third-order valence-corrected chi connectivity index (χ3v) is 6.94. The molecule has 3 heterocycles. The Morgan fingerprint density at radius 2 is 2.04 bits per heavy atom. The minimum absolute atomic E-state index is 0. The number of guanidine groups is 1. The number of sulfone groups is 1.